The Kier molecular flexibility index (Phi) is 4.10. The van der Waals surface area contributed by atoms with Crippen molar-refractivity contribution in [3.8, 4) is 0 Å². The van der Waals surface area contributed by atoms with Crippen molar-refractivity contribution in [1.82, 2.24) is 4.90 Å². The summed E-state index contributed by atoms with van der Waals surface area (Å²) in [7, 11) is 0. The predicted molar refractivity (Wildman–Crippen MR) is 97.6 cm³/mol. The zero-order valence-corrected chi connectivity index (χ0v) is 14.8. The van der Waals surface area contributed by atoms with E-state index < -0.39 is 0 Å². The molecule has 2 aromatic carbocycles. The highest BCUT2D eigenvalue weighted by molar-refractivity contribution is 6.32. The molecule has 25 heavy (non-hydrogen) atoms. The van der Waals surface area contributed by atoms with Crippen molar-refractivity contribution in [3.63, 3.8) is 0 Å². The molecule has 0 unspecified atom stereocenters. The van der Waals surface area contributed by atoms with E-state index in [4.69, 9.17) is 11.6 Å². The van der Waals surface area contributed by atoms with Gasteiger partial charge in [-0.25, -0.2) is 4.90 Å². The van der Waals surface area contributed by atoms with Crippen molar-refractivity contribution in [2.24, 2.45) is 0 Å². The van der Waals surface area contributed by atoms with Crippen LogP contribution >= 0.6 is 11.6 Å². The van der Waals surface area contributed by atoms with Gasteiger partial charge in [-0.2, -0.15) is 0 Å². The third-order valence-corrected chi connectivity index (χ3v) is 5.61. The smallest absolute Gasteiger partial charge is 0.251 e. The van der Waals surface area contributed by atoms with Gasteiger partial charge in [0.1, 0.15) is 0 Å². The lowest BCUT2D eigenvalue weighted by Crippen LogP contribution is -2.44. The number of nitrogens with zero attached hydrogens (tertiary/aromatic N) is 2. The third-order valence-electron chi connectivity index (χ3n) is 5.20. The molecular formula is C20H19ClN2O2. The average Bonchev–Trinajstić information content (AvgIpc) is 2.91. The standard InChI is InChI=1S/C20H19ClN2O2/c1-13-16(21)7-4-8-17(13)23-19(24)11-18(20(23)25)22-10-9-14-5-2-3-6-15(14)12-22/h2-8,18H,9-12H2,1H3/t18-/m0/s1. The van der Waals surface area contributed by atoms with Gasteiger partial charge in [0.25, 0.3) is 5.91 Å². The molecule has 0 saturated carbocycles. The van der Waals surface area contributed by atoms with E-state index in [0.717, 1.165) is 18.5 Å². The van der Waals surface area contributed by atoms with Crippen molar-refractivity contribution in [3.05, 3.63) is 64.2 Å². The molecule has 5 heteroatoms. The van der Waals surface area contributed by atoms with Crippen LogP contribution in [0.25, 0.3) is 0 Å². The number of hydrogen-bond donors (Lipinski definition) is 0. The third kappa shape index (κ3) is 2.75. The summed E-state index contributed by atoms with van der Waals surface area (Å²) >= 11 is 6.17. The number of amides is 2. The van der Waals surface area contributed by atoms with Crippen LogP contribution in [0.15, 0.2) is 42.5 Å². The molecule has 0 N–H and O–H groups in total. The zero-order chi connectivity index (χ0) is 17.6. The van der Waals surface area contributed by atoms with Crippen molar-refractivity contribution in [2.45, 2.75) is 32.4 Å². The summed E-state index contributed by atoms with van der Waals surface area (Å²) < 4.78 is 0. The number of anilines is 1. The van der Waals surface area contributed by atoms with Gasteiger partial charge >= 0.3 is 0 Å². The Morgan fingerprint density at radius 2 is 1.80 bits per heavy atom. The molecule has 2 aromatic rings. The van der Waals surface area contributed by atoms with Crippen LogP contribution in [0, 0.1) is 6.92 Å². The van der Waals surface area contributed by atoms with Gasteiger partial charge in [0.05, 0.1) is 18.2 Å². The number of imide groups is 1. The van der Waals surface area contributed by atoms with Gasteiger partial charge in [-0.1, -0.05) is 41.9 Å². The maximum Gasteiger partial charge on any atom is 0.251 e. The van der Waals surface area contributed by atoms with Gasteiger partial charge in [-0.3, -0.25) is 14.5 Å². The summed E-state index contributed by atoms with van der Waals surface area (Å²) in [6, 6.07) is 13.2. The molecule has 0 aromatic heterocycles. The van der Waals surface area contributed by atoms with Crippen LogP contribution in [0.1, 0.15) is 23.1 Å². The fourth-order valence-electron chi connectivity index (χ4n) is 3.78. The van der Waals surface area contributed by atoms with Crippen LogP contribution in [0.2, 0.25) is 5.02 Å². The second kappa shape index (κ2) is 6.28. The highest BCUT2D eigenvalue weighted by atomic mass is 35.5. The van der Waals surface area contributed by atoms with E-state index in [9.17, 15) is 9.59 Å². The van der Waals surface area contributed by atoms with E-state index in [1.165, 1.54) is 16.0 Å². The number of benzene rings is 2. The Balaban J connectivity index is 1.61. The van der Waals surface area contributed by atoms with E-state index in [1.807, 2.05) is 19.1 Å². The first-order valence-corrected chi connectivity index (χ1v) is 8.87. The summed E-state index contributed by atoms with van der Waals surface area (Å²) in [5.74, 6) is -0.297. The SMILES string of the molecule is Cc1c(Cl)cccc1N1C(=O)C[C@H](N2CCc3ccccc3C2)C1=O. The molecule has 0 radical (unpaired) electrons. The van der Waals surface area contributed by atoms with E-state index in [2.05, 4.69) is 17.0 Å². The monoisotopic (exact) mass is 354 g/mol. The lowest BCUT2D eigenvalue weighted by Gasteiger charge is -2.32. The Morgan fingerprint density at radius 1 is 1.04 bits per heavy atom. The minimum absolute atomic E-state index is 0.144. The zero-order valence-electron chi connectivity index (χ0n) is 14.0. The molecule has 4 rings (SSSR count). The first-order valence-electron chi connectivity index (χ1n) is 8.49. The van der Waals surface area contributed by atoms with Crippen LogP contribution in [-0.4, -0.2) is 29.3 Å². The number of hydrogen-bond acceptors (Lipinski definition) is 3. The largest absolute Gasteiger partial charge is 0.287 e. The molecule has 1 atom stereocenters. The van der Waals surface area contributed by atoms with E-state index in [0.29, 0.717) is 17.3 Å². The van der Waals surface area contributed by atoms with Crippen LogP contribution in [0.5, 0.6) is 0 Å². The van der Waals surface area contributed by atoms with Gasteiger partial charge in [0, 0.05) is 18.1 Å². The minimum Gasteiger partial charge on any atom is -0.287 e. The number of carbonyl (C=O) groups is 2. The molecule has 2 aliphatic rings. The van der Waals surface area contributed by atoms with Crippen molar-refractivity contribution in [2.75, 3.05) is 11.4 Å². The van der Waals surface area contributed by atoms with Crippen LogP contribution in [0.3, 0.4) is 0 Å². The molecule has 1 saturated heterocycles. The predicted octanol–water partition coefficient (Wildman–Crippen LogP) is 3.34. The quantitative estimate of drug-likeness (QED) is 0.777. The molecular weight excluding hydrogens is 336 g/mol. The van der Waals surface area contributed by atoms with Crippen LogP contribution in [0.4, 0.5) is 5.69 Å². The van der Waals surface area contributed by atoms with E-state index in [1.54, 1.807) is 18.2 Å². The van der Waals surface area contributed by atoms with Gasteiger partial charge in [0.2, 0.25) is 5.91 Å². The van der Waals surface area contributed by atoms with Gasteiger partial charge < -0.3 is 0 Å². The summed E-state index contributed by atoms with van der Waals surface area (Å²) in [4.78, 5) is 29.0. The molecule has 1 fully saturated rings. The summed E-state index contributed by atoms with van der Waals surface area (Å²) in [6.07, 6.45) is 1.14. The lowest BCUT2D eigenvalue weighted by molar-refractivity contribution is -0.123. The second-order valence-electron chi connectivity index (χ2n) is 6.66. The number of fused-ring (bicyclic) bond motifs is 1. The first-order chi connectivity index (χ1) is 12.1. The first kappa shape index (κ1) is 16.3. The molecule has 2 heterocycles. The number of carbonyl (C=O) groups excluding carboxylic acids is 2. The van der Waals surface area contributed by atoms with Crippen LogP contribution < -0.4 is 4.90 Å². The second-order valence-corrected chi connectivity index (χ2v) is 7.07. The Bertz CT molecular complexity index is 865. The van der Waals surface area contributed by atoms with Gasteiger partial charge in [0.15, 0.2) is 0 Å². The van der Waals surface area contributed by atoms with E-state index in [-0.39, 0.29) is 24.3 Å². The normalized spacial score (nSPS) is 20.9. The number of halogens is 1. The lowest BCUT2D eigenvalue weighted by atomic mass is 9.98. The van der Waals surface area contributed by atoms with E-state index >= 15 is 0 Å². The fraction of sp³-hybridized carbons (Fsp3) is 0.300. The van der Waals surface area contributed by atoms with Crippen LogP contribution in [-0.2, 0) is 22.6 Å². The highest BCUT2D eigenvalue weighted by Crippen LogP contribution is 2.33. The molecule has 0 aliphatic carbocycles. The number of rotatable bonds is 2. The van der Waals surface area contributed by atoms with Crippen molar-refractivity contribution in [1.29, 1.82) is 0 Å². The highest BCUT2D eigenvalue weighted by Gasteiger charge is 2.43. The Morgan fingerprint density at radius 3 is 2.60 bits per heavy atom. The Labute approximate surface area is 152 Å². The summed E-state index contributed by atoms with van der Waals surface area (Å²) in [5, 5.41) is 0.563. The molecule has 0 spiro atoms. The molecule has 0 bridgehead atoms. The molecule has 4 nitrogen and oxygen atoms in total. The molecule has 2 amide bonds. The Hall–Kier alpha value is -2.17. The summed E-state index contributed by atoms with van der Waals surface area (Å²) in [5.41, 5.74) is 3.93. The van der Waals surface area contributed by atoms with Crippen molar-refractivity contribution < 1.29 is 9.59 Å². The maximum absolute atomic E-state index is 13.0. The maximum atomic E-state index is 13.0. The van der Waals surface area contributed by atoms with Gasteiger partial charge in [-0.05, 0) is 42.2 Å². The summed E-state index contributed by atoms with van der Waals surface area (Å²) in [6.45, 7) is 3.34. The fourth-order valence-corrected chi connectivity index (χ4v) is 3.95. The minimum atomic E-state index is -0.390. The average molecular weight is 355 g/mol. The van der Waals surface area contributed by atoms with Crippen molar-refractivity contribution >= 4 is 29.1 Å². The van der Waals surface area contributed by atoms with Gasteiger partial charge in [-0.15, -0.1) is 0 Å². The molecule has 128 valence electrons. The topological polar surface area (TPSA) is 40.6 Å². The molecule has 2 aliphatic heterocycles.